The molecule has 3 N–H and O–H groups in total. The Balaban J connectivity index is 1.31. The molecular weight excluding hydrogens is 406 g/mol. The van der Waals surface area contributed by atoms with Crippen LogP contribution in [-0.4, -0.2) is 61.5 Å². The molecule has 9 heteroatoms. The van der Waals surface area contributed by atoms with Gasteiger partial charge in [0.25, 0.3) is 0 Å². The van der Waals surface area contributed by atoms with Crippen molar-refractivity contribution >= 4 is 11.6 Å². The van der Waals surface area contributed by atoms with E-state index >= 15 is 0 Å². The van der Waals surface area contributed by atoms with Crippen molar-refractivity contribution < 1.29 is 9.47 Å². The average molecular weight is 436 g/mol. The van der Waals surface area contributed by atoms with Gasteiger partial charge in [0, 0.05) is 31.7 Å². The van der Waals surface area contributed by atoms with Crippen molar-refractivity contribution in [1.82, 2.24) is 25.8 Å². The van der Waals surface area contributed by atoms with Crippen LogP contribution in [0, 0.1) is 0 Å². The Morgan fingerprint density at radius 3 is 2.72 bits per heavy atom. The number of aromatic nitrogens is 3. The van der Waals surface area contributed by atoms with E-state index in [0.29, 0.717) is 12.4 Å². The third-order valence-electron chi connectivity index (χ3n) is 5.48. The highest BCUT2D eigenvalue weighted by Gasteiger charge is 2.25. The number of para-hydroxylation sites is 2. The molecule has 1 aliphatic rings. The van der Waals surface area contributed by atoms with Crippen LogP contribution >= 0.6 is 0 Å². The first-order valence-electron chi connectivity index (χ1n) is 10.6. The largest absolute Gasteiger partial charge is 0.497 e. The van der Waals surface area contributed by atoms with Gasteiger partial charge in [-0.1, -0.05) is 12.1 Å². The summed E-state index contributed by atoms with van der Waals surface area (Å²) in [6, 6.07) is 16.1. The van der Waals surface area contributed by atoms with E-state index in [1.54, 1.807) is 21.3 Å². The molecule has 0 radical (unpaired) electrons. The van der Waals surface area contributed by atoms with E-state index in [4.69, 9.17) is 9.47 Å². The molecule has 1 unspecified atom stereocenters. The summed E-state index contributed by atoms with van der Waals surface area (Å²) in [4.78, 5) is 11.3. The first-order valence-corrected chi connectivity index (χ1v) is 10.6. The number of nitrogens with zero attached hydrogens (tertiary/aromatic N) is 4. The minimum atomic E-state index is 0.288. The molecule has 0 spiro atoms. The number of hydrogen-bond donors (Lipinski definition) is 3. The van der Waals surface area contributed by atoms with Crippen LogP contribution in [0.15, 0.2) is 53.5 Å². The lowest BCUT2D eigenvalue weighted by Crippen LogP contribution is -2.44. The lowest BCUT2D eigenvalue weighted by atomic mass is 10.2. The molecule has 0 amide bonds. The Kier molecular flexibility index (Phi) is 6.74. The van der Waals surface area contributed by atoms with Crippen molar-refractivity contribution in [2.24, 2.45) is 4.99 Å². The molecule has 1 saturated heterocycles. The molecule has 9 nitrogen and oxygen atoms in total. The molecule has 1 atom stereocenters. The number of ether oxygens (including phenoxy) is 2. The fraction of sp³-hybridized carbons (Fsp3) is 0.348. The van der Waals surface area contributed by atoms with Crippen LogP contribution < -0.4 is 25.0 Å². The number of rotatable bonds is 7. The highest BCUT2D eigenvalue weighted by Crippen LogP contribution is 2.30. The Morgan fingerprint density at radius 2 is 1.97 bits per heavy atom. The molecule has 2 heterocycles. The van der Waals surface area contributed by atoms with Gasteiger partial charge in [-0.3, -0.25) is 10.1 Å². The molecular formula is C23H29N7O2. The number of hydrogen-bond acceptors (Lipinski definition) is 6. The predicted octanol–water partition coefficient (Wildman–Crippen LogP) is 2.43. The summed E-state index contributed by atoms with van der Waals surface area (Å²) < 4.78 is 10.7. The highest BCUT2D eigenvalue weighted by atomic mass is 16.5. The third-order valence-corrected chi connectivity index (χ3v) is 5.48. The molecule has 3 aromatic rings. The van der Waals surface area contributed by atoms with Crippen molar-refractivity contribution in [3.63, 3.8) is 0 Å². The van der Waals surface area contributed by atoms with E-state index in [0.717, 1.165) is 54.0 Å². The van der Waals surface area contributed by atoms with E-state index in [-0.39, 0.29) is 6.04 Å². The Labute approximate surface area is 187 Å². The molecule has 1 aliphatic heterocycles. The predicted molar refractivity (Wildman–Crippen MR) is 125 cm³/mol. The van der Waals surface area contributed by atoms with Gasteiger partial charge in [-0.15, -0.1) is 0 Å². The Morgan fingerprint density at radius 1 is 1.16 bits per heavy atom. The van der Waals surface area contributed by atoms with Crippen molar-refractivity contribution in [2.45, 2.75) is 19.0 Å². The number of anilines is 1. The van der Waals surface area contributed by atoms with E-state index in [9.17, 15) is 0 Å². The minimum Gasteiger partial charge on any atom is -0.497 e. The van der Waals surface area contributed by atoms with Gasteiger partial charge in [-0.25, -0.2) is 4.98 Å². The molecule has 32 heavy (non-hydrogen) atoms. The van der Waals surface area contributed by atoms with Gasteiger partial charge in [-0.05, 0) is 42.8 Å². The molecule has 0 saturated carbocycles. The fourth-order valence-electron chi connectivity index (χ4n) is 3.79. The van der Waals surface area contributed by atoms with E-state index in [2.05, 4.69) is 41.8 Å². The number of benzene rings is 2. The lowest BCUT2D eigenvalue weighted by molar-refractivity contribution is 0.414. The van der Waals surface area contributed by atoms with Crippen LogP contribution in [0.5, 0.6) is 11.5 Å². The number of nitrogens with one attached hydrogen (secondary N) is 3. The summed E-state index contributed by atoms with van der Waals surface area (Å²) in [6.45, 7) is 2.33. The Bertz CT molecular complexity index is 1050. The molecule has 1 fully saturated rings. The first-order chi connectivity index (χ1) is 15.7. The van der Waals surface area contributed by atoms with Crippen LogP contribution in [0.1, 0.15) is 12.2 Å². The van der Waals surface area contributed by atoms with Gasteiger partial charge >= 0.3 is 0 Å². The van der Waals surface area contributed by atoms with Crippen molar-refractivity contribution in [3.05, 3.63) is 54.4 Å². The second-order valence-electron chi connectivity index (χ2n) is 7.51. The van der Waals surface area contributed by atoms with Gasteiger partial charge in [-0.2, -0.15) is 5.10 Å². The minimum absolute atomic E-state index is 0.288. The van der Waals surface area contributed by atoms with Gasteiger partial charge in [0.05, 0.1) is 26.5 Å². The molecule has 0 aliphatic carbocycles. The SMILES string of the molecule is CN=C(NCc1nc(-c2ccc(OC)cc2)n[nH]1)NC1CCN(c2ccccc2OC)C1. The topological polar surface area (TPSA) is 99.7 Å². The number of aromatic amines is 1. The maximum atomic E-state index is 5.51. The summed E-state index contributed by atoms with van der Waals surface area (Å²) in [6.07, 6.45) is 1.02. The summed E-state index contributed by atoms with van der Waals surface area (Å²) in [5.74, 6) is 3.82. The van der Waals surface area contributed by atoms with Crippen molar-refractivity contribution in [1.29, 1.82) is 0 Å². The van der Waals surface area contributed by atoms with Crippen LogP contribution in [0.2, 0.25) is 0 Å². The highest BCUT2D eigenvalue weighted by molar-refractivity contribution is 5.80. The smallest absolute Gasteiger partial charge is 0.191 e. The van der Waals surface area contributed by atoms with E-state index in [1.165, 1.54) is 0 Å². The van der Waals surface area contributed by atoms with Gasteiger partial charge in [0.2, 0.25) is 0 Å². The van der Waals surface area contributed by atoms with Gasteiger partial charge < -0.3 is 25.0 Å². The molecule has 168 valence electrons. The Hall–Kier alpha value is -3.75. The van der Waals surface area contributed by atoms with Gasteiger partial charge in [0.1, 0.15) is 17.3 Å². The number of H-pyrrole nitrogens is 1. The van der Waals surface area contributed by atoms with Crippen LogP contribution in [0.25, 0.3) is 11.4 Å². The monoisotopic (exact) mass is 435 g/mol. The second kappa shape index (κ2) is 10.0. The number of methoxy groups -OCH3 is 2. The van der Waals surface area contributed by atoms with Gasteiger partial charge in [0.15, 0.2) is 11.8 Å². The van der Waals surface area contributed by atoms with Crippen molar-refractivity contribution in [3.8, 4) is 22.9 Å². The van der Waals surface area contributed by atoms with Crippen LogP contribution in [0.4, 0.5) is 5.69 Å². The first kappa shape index (κ1) is 21.5. The average Bonchev–Trinajstić information content (AvgIpc) is 3.51. The molecule has 0 bridgehead atoms. The van der Waals surface area contributed by atoms with Crippen LogP contribution in [-0.2, 0) is 6.54 Å². The van der Waals surface area contributed by atoms with E-state index in [1.807, 2.05) is 42.5 Å². The molecule has 1 aromatic heterocycles. The molecule has 4 rings (SSSR count). The maximum Gasteiger partial charge on any atom is 0.191 e. The zero-order chi connectivity index (χ0) is 22.3. The third kappa shape index (κ3) is 4.93. The maximum absolute atomic E-state index is 5.51. The lowest BCUT2D eigenvalue weighted by Gasteiger charge is -2.22. The second-order valence-corrected chi connectivity index (χ2v) is 7.51. The normalized spacial score (nSPS) is 16.2. The molecule has 2 aromatic carbocycles. The summed E-state index contributed by atoms with van der Waals surface area (Å²) >= 11 is 0. The zero-order valence-electron chi connectivity index (χ0n) is 18.6. The summed E-state index contributed by atoms with van der Waals surface area (Å²) in [5.41, 5.74) is 2.05. The van der Waals surface area contributed by atoms with Crippen molar-refractivity contribution in [2.75, 3.05) is 39.3 Å². The summed E-state index contributed by atoms with van der Waals surface area (Å²) in [7, 11) is 5.12. The summed E-state index contributed by atoms with van der Waals surface area (Å²) in [5, 5.41) is 14.1. The number of aliphatic imine (C=N–C) groups is 1. The fourth-order valence-corrected chi connectivity index (χ4v) is 3.79. The van der Waals surface area contributed by atoms with E-state index < -0.39 is 0 Å². The standard InChI is InChI=1S/C23H29N7O2/c1-24-23(26-17-12-13-30(15-17)19-6-4-5-7-20(19)32-3)25-14-21-27-22(29-28-21)16-8-10-18(31-2)11-9-16/h4-11,17H,12-15H2,1-3H3,(H2,24,25,26)(H,27,28,29). The quantitative estimate of drug-likeness (QED) is 0.387. The van der Waals surface area contributed by atoms with Crippen LogP contribution in [0.3, 0.4) is 0 Å². The number of guanidine groups is 1. The zero-order valence-corrected chi connectivity index (χ0v) is 18.6.